The lowest BCUT2D eigenvalue weighted by atomic mass is 9.97. The summed E-state index contributed by atoms with van der Waals surface area (Å²) in [6.45, 7) is 2.45. The molecule has 2 rings (SSSR count). The molecule has 0 aromatic heterocycles. The molecule has 7 nitrogen and oxygen atoms in total. The molecule has 0 spiro atoms. The first-order chi connectivity index (χ1) is 11.5. The van der Waals surface area contributed by atoms with Crippen LogP contribution in [0.3, 0.4) is 0 Å². The van der Waals surface area contributed by atoms with Gasteiger partial charge < -0.3 is 16.4 Å². The van der Waals surface area contributed by atoms with Crippen LogP contribution in [0.25, 0.3) is 0 Å². The van der Waals surface area contributed by atoms with Crippen LogP contribution in [0, 0.1) is 17.2 Å². The Hall–Kier alpha value is -1.85. The van der Waals surface area contributed by atoms with E-state index in [-0.39, 0.29) is 30.2 Å². The van der Waals surface area contributed by atoms with Gasteiger partial charge in [0.2, 0.25) is 0 Å². The Bertz CT molecular complexity index is 587. The maximum Gasteiger partial charge on any atom is 0.315 e. The molecule has 4 atom stereocenters. The Morgan fingerprint density at radius 1 is 1.42 bits per heavy atom. The first-order valence-corrected chi connectivity index (χ1v) is 8.35. The third-order valence-corrected chi connectivity index (χ3v) is 4.35. The number of hydrazine groups is 1. The second kappa shape index (κ2) is 8.85. The first-order valence-electron chi connectivity index (χ1n) is 7.97. The molecule has 4 unspecified atom stereocenters. The molecule has 1 aliphatic rings. The van der Waals surface area contributed by atoms with Gasteiger partial charge in [-0.25, -0.2) is 10.2 Å². The molecule has 24 heavy (non-hydrogen) atoms. The SMILES string of the molecule is CC(NC(=O)NCCCC1NNC(N)C1C#N)c1ccc(Cl)cc1. The molecule has 1 saturated heterocycles. The van der Waals surface area contributed by atoms with Gasteiger partial charge in [-0.2, -0.15) is 5.26 Å². The summed E-state index contributed by atoms with van der Waals surface area (Å²) < 4.78 is 0. The van der Waals surface area contributed by atoms with Crippen LogP contribution in [0.15, 0.2) is 24.3 Å². The number of nitrogens with one attached hydrogen (secondary N) is 4. The minimum Gasteiger partial charge on any atom is -0.338 e. The van der Waals surface area contributed by atoms with Crippen LogP contribution in [-0.4, -0.2) is 24.8 Å². The summed E-state index contributed by atoms with van der Waals surface area (Å²) in [5.74, 6) is -0.260. The number of hydrogen-bond acceptors (Lipinski definition) is 5. The predicted octanol–water partition coefficient (Wildman–Crippen LogP) is 1.38. The first kappa shape index (κ1) is 18.5. The molecule has 2 amide bonds. The molecule has 1 aliphatic heterocycles. The van der Waals surface area contributed by atoms with Crippen LogP contribution in [-0.2, 0) is 0 Å². The number of nitrogens with zero attached hydrogens (tertiary/aromatic N) is 1. The Morgan fingerprint density at radius 2 is 2.12 bits per heavy atom. The van der Waals surface area contributed by atoms with Gasteiger partial charge in [0.1, 0.15) is 0 Å². The lowest BCUT2D eigenvalue weighted by molar-refractivity contribution is 0.237. The lowest BCUT2D eigenvalue weighted by Gasteiger charge is -2.16. The number of carbonyl (C=O) groups is 1. The van der Waals surface area contributed by atoms with Gasteiger partial charge in [-0.1, -0.05) is 23.7 Å². The van der Waals surface area contributed by atoms with Crippen molar-refractivity contribution in [1.29, 1.82) is 5.26 Å². The molecule has 1 heterocycles. The molecule has 8 heteroatoms. The van der Waals surface area contributed by atoms with E-state index in [9.17, 15) is 4.79 Å². The Kier molecular flexibility index (Phi) is 6.82. The number of urea groups is 1. The Morgan fingerprint density at radius 3 is 2.79 bits per heavy atom. The van der Waals surface area contributed by atoms with Gasteiger partial charge in [-0.05, 0) is 37.5 Å². The molecule has 0 bridgehead atoms. The van der Waals surface area contributed by atoms with Crippen molar-refractivity contribution in [1.82, 2.24) is 21.5 Å². The van der Waals surface area contributed by atoms with E-state index in [0.29, 0.717) is 11.6 Å². The van der Waals surface area contributed by atoms with Crippen LogP contribution >= 0.6 is 11.6 Å². The summed E-state index contributed by atoms with van der Waals surface area (Å²) in [5, 5.41) is 15.4. The minimum atomic E-state index is -0.350. The number of benzene rings is 1. The van der Waals surface area contributed by atoms with E-state index in [2.05, 4.69) is 27.6 Å². The zero-order valence-corrected chi connectivity index (χ0v) is 14.3. The van der Waals surface area contributed by atoms with Crippen LogP contribution < -0.4 is 27.2 Å². The summed E-state index contributed by atoms with van der Waals surface area (Å²) in [6.07, 6.45) is 1.16. The number of hydrogen-bond donors (Lipinski definition) is 5. The van der Waals surface area contributed by atoms with Crippen molar-refractivity contribution in [2.75, 3.05) is 6.54 Å². The molecule has 1 aromatic carbocycles. The number of carbonyl (C=O) groups excluding carboxylic acids is 1. The van der Waals surface area contributed by atoms with Crippen LogP contribution in [0.5, 0.6) is 0 Å². The highest BCUT2D eigenvalue weighted by Gasteiger charge is 2.32. The Labute approximate surface area is 146 Å². The standard InChI is InChI=1S/C16H23ClN6O/c1-10(11-4-6-12(17)7-5-11)21-16(24)20-8-2-3-14-13(9-18)15(19)23-22-14/h4-7,10,13-15,22-23H,2-3,8,19H2,1H3,(H2,20,21,24). The molecule has 130 valence electrons. The van der Waals surface area contributed by atoms with E-state index in [0.717, 1.165) is 18.4 Å². The van der Waals surface area contributed by atoms with E-state index in [4.69, 9.17) is 22.6 Å². The van der Waals surface area contributed by atoms with Crippen molar-refractivity contribution in [2.24, 2.45) is 11.7 Å². The van der Waals surface area contributed by atoms with Gasteiger partial charge in [-0.3, -0.25) is 5.43 Å². The molecular weight excluding hydrogens is 328 g/mol. The van der Waals surface area contributed by atoms with Crippen molar-refractivity contribution < 1.29 is 4.79 Å². The monoisotopic (exact) mass is 350 g/mol. The number of amides is 2. The quantitative estimate of drug-likeness (QED) is 0.497. The van der Waals surface area contributed by atoms with Crippen LogP contribution in [0.4, 0.5) is 4.79 Å². The summed E-state index contributed by atoms with van der Waals surface area (Å²) in [4.78, 5) is 11.9. The average Bonchev–Trinajstić information content (AvgIpc) is 2.92. The fraction of sp³-hybridized carbons (Fsp3) is 0.500. The van der Waals surface area contributed by atoms with Crippen molar-refractivity contribution in [3.05, 3.63) is 34.9 Å². The highest BCUT2D eigenvalue weighted by molar-refractivity contribution is 6.30. The number of halogens is 1. The fourth-order valence-electron chi connectivity index (χ4n) is 2.66. The van der Waals surface area contributed by atoms with Gasteiger partial charge in [0, 0.05) is 17.6 Å². The topological polar surface area (TPSA) is 115 Å². The van der Waals surface area contributed by atoms with Gasteiger partial charge in [0.05, 0.1) is 24.2 Å². The van der Waals surface area contributed by atoms with Crippen molar-refractivity contribution in [3.8, 4) is 6.07 Å². The molecule has 6 N–H and O–H groups in total. The molecule has 1 aromatic rings. The third-order valence-electron chi connectivity index (χ3n) is 4.10. The molecule has 0 saturated carbocycles. The normalized spacial score (nSPS) is 24.2. The van der Waals surface area contributed by atoms with Gasteiger partial charge >= 0.3 is 6.03 Å². The van der Waals surface area contributed by atoms with Crippen molar-refractivity contribution in [2.45, 2.75) is 38.0 Å². The van der Waals surface area contributed by atoms with E-state index < -0.39 is 0 Å². The van der Waals surface area contributed by atoms with Gasteiger partial charge in [0.15, 0.2) is 0 Å². The molecule has 0 radical (unpaired) electrons. The third kappa shape index (κ3) is 5.08. The minimum absolute atomic E-state index is 0.00264. The maximum absolute atomic E-state index is 11.9. The second-order valence-electron chi connectivity index (χ2n) is 5.89. The van der Waals surface area contributed by atoms with Gasteiger partial charge in [0.25, 0.3) is 0 Å². The summed E-state index contributed by atoms with van der Waals surface area (Å²) in [7, 11) is 0. The predicted molar refractivity (Wildman–Crippen MR) is 92.8 cm³/mol. The maximum atomic E-state index is 11.9. The van der Waals surface area contributed by atoms with E-state index in [1.54, 1.807) is 12.1 Å². The fourth-order valence-corrected chi connectivity index (χ4v) is 2.79. The van der Waals surface area contributed by atoms with Crippen molar-refractivity contribution in [3.63, 3.8) is 0 Å². The second-order valence-corrected chi connectivity index (χ2v) is 6.33. The smallest absolute Gasteiger partial charge is 0.315 e. The zero-order chi connectivity index (χ0) is 17.5. The zero-order valence-electron chi connectivity index (χ0n) is 13.6. The van der Waals surface area contributed by atoms with E-state index in [1.165, 1.54) is 0 Å². The number of nitrogens with two attached hydrogens (primary N) is 1. The summed E-state index contributed by atoms with van der Waals surface area (Å²) >= 11 is 5.85. The highest BCUT2D eigenvalue weighted by atomic mass is 35.5. The van der Waals surface area contributed by atoms with Crippen LogP contribution in [0.1, 0.15) is 31.4 Å². The van der Waals surface area contributed by atoms with E-state index in [1.807, 2.05) is 19.1 Å². The molecular formula is C16H23ClN6O. The summed E-state index contributed by atoms with van der Waals surface area (Å²) in [6, 6.07) is 9.25. The highest BCUT2D eigenvalue weighted by Crippen LogP contribution is 2.16. The van der Waals surface area contributed by atoms with E-state index >= 15 is 0 Å². The summed E-state index contributed by atoms with van der Waals surface area (Å²) in [5.41, 5.74) is 12.6. The number of nitriles is 1. The Balaban J connectivity index is 1.66. The molecule has 1 fully saturated rings. The largest absolute Gasteiger partial charge is 0.338 e. The number of rotatable bonds is 6. The average molecular weight is 351 g/mol. The lowest BCUT2D eigenvalue weighted by Crippen LogP contribution is -2.39. The van der Waals surface area contributed by atoms with Crippen molar-refractivity contribution >= 4 is 17.6 Å². The van der Waals surface area contributed by atoms with Gasteiger partial charge in [-0.15, -0.1) is 0 Å². The molecule has 0 aliphatic carbocycles. The van der Waals surface area contributed by atoms with Crippen LogP contribution in [0.2, 0.25) is 5.02 Å².